The van der Waals surface area contributed by atoms with E-state index in [0.717, 1.165) is 25.5 Å². The van der Waals surface area contributed by atoms with Gasteiger partial charge in [-0.1, -0.05) is 6.92 Å². The molecule has 0 bridgehead atoms. The summed E-state index contributed by atoms with van der Waals surface area (Å²) >= 11 is 0. The molecule has 4 unspecified atom stereocenters. The molecule has 3 heteroatoms. The second kappa shape index (κ2) is 5.03. The summed E-state index contributed by atoms with van der Waals surface area (Å²) in [5.74, 6) is 0.794. The van der Waals surface area contributed by atoms with Crippen LogP contribution >= 0.6 is 0 Å². The summed E-state index contributed by atoms with van der Waals surface area (Å²) in [4.78, 5) is 0. The van der Waals surface area contributed by atoms with E-state index < -0.39 is 0 Å². The molecule has 16 heavy (non-hydrogen) atoms. The van der Waals surface area contributed by atoms with Crippen LogP contribution in [0.25, 0.3) is 0 Å². The first-order valence-corrected chi connectivity index (χ1v) is 6.72. The molecule has 0 aromatic heterocycles. The molecule has 2 fully saturated rings. The summed E-state index contributed by atoms with van der Waals surface area (Å²) in [5, 5.41) is 7.34. The third-order valence-electron chi connectivity index (χ3n) is 4.54. The fraction of sp³-hybridized carbons (Fsp3) is 1.00. The summed E-state index contributed by atoms with van der Waals surface area (Å²) in [7, 11) is 0. The molecular weight excluding hydrogens is 200 g/mol. The second-order valence-electron chi connectivity index (χ2n) is 5.74. The molecule has 2 N–H and O–H groups in total. The van der Waals surface area contributed by atoms with Gasteiger partial charge in [0.05, 0.1) is 6.10 Å². The number of hydrogen-bond donors (Lipinski definition) is 2. The topological polar surface area (TPSA) is 33.3 Å². The smallest absolute Gasteiger partial charge is 0.0726 e. The van der Waals surface area contributed by atoms with Crippen LogP contribution in [0.3, 0.4) is 0 Å². The van der Waals surface area contributed by atoms with E-state index in [4.69, 9.17) is 4.74 Å². The van der Waals surface area contributed by atoms with E-state index in [-0.39, 0.29) is 5.54 Å². The highest BCUT2D eigenvalue weighted by Gasteiger charge is 2.37. The SMILES string of the molecule is CC1CCCNC1CNC1(C)CCOC1C. The number of rotatable bonds is 3. The van der Waals surface area contributed by atoms with Crippen LogP contribution in [-0.2, 0) is 4.74 Å². The van der Waals surface area contributed by atoms with Crippen LogP contribution in [0.2, 0.25) is 0 Å². The Bertz CT molecular complexity index is 234. The molecule has 0 amide bonds. The zero-order chi connectivity index (χ0) is 11.6. The van der Waals surface area contributed by atoms with E-state index in [2.05, 4.69) is 31.4 Å². The zero-order valence-corrected chi connectivity index (χ0v) is 10.9. The average Bonchev–Trinajstić information content (AvgIpc) is 2.59. The summed E-state index contributed by atoms with van der Waals surface area (Å²) < 4.78 is 5.65. The third kappa shape index (κ3) is 2.58. The first-order chi connectivity index (χ1) is 7.62. The molecule has 0 aromatic carbocycles. The van der Waals surface area contributed by atoms with Crippen LogP contribution in [-0.4, -0.2) is 37.4 Å². The minimum Gasteiger partial charge on any atom is -0.377 e. The summed E-state index contributed by atoms with van der Waals surface area (Å²) in [6, 6.07) is 0.637. The van der Waals surface area contributed by atoms with Gasteiger partial charge in [0.1, 0.15) is 0 Å². The Morgan fingerprint density at radius 2 is 2.25 bits per heavy atom. The minimum absolute atomic E-state index is 0.179. The molecule has 2 saturated heterocycles. The fourth-order valence-electron chi connectivity index (χ4n) is 2.80. The van der Waals surface area contributed by atoms with E-state index in [0.29, 0.717) is 12.1 Å². The van der Waals surface area contributed by atoms with Gasteiger partial charge in [0, 0.05) is 24.7 Å². The first kappa shape index (κ1) is 12.3. The maximum absolute atomic E-state index is 5.65. The number of hydrogen-bond acceptors (Lipinski definition) is 3. The molecule has 2 heterocycles. The Morgan fingerprint density at radius 3 is 2.88 bits per heavy atom. The van der Waals surface area contributed by atoms with Gasteiger partial charge in [0.25, 0.3) is 0 Å². The number of ether oxygens (including phenoxy) is 1. The molecule has 2 rings (SSSR count). The van der Waals surface area contributed by atoms with Gasteiger partial charge in [-0.3, -0.25) is 0 Å². The summed E-state index contributed by atoms with van der Waals surface area (Å²) in [6.45, 7) is 9.98. The predicted molar refractivity (Wildman–Crippen MR) is 66.6 cm³/mol. The maximum Gasteiger partial charge on any atom is 0.0726 e. The highest BCUT2D eigenvalue weighted by molar-refractivity contribution is 4.95. The molecule has 0 spiro atoms. The Kier molecular flexibility index (Phi) is 3.88. The number of piperidine rings is 1. The molecule has 0 aromatic rings. The third-order valence-corrected chi connectivity index (χ3v) is 4.54. The highest BCUT2D eigenvalue weighted by Crippen LogP contribution is 2.25. The van der Waals surface area contributed by atoms with Crippen LogP contribution in [0.1, 0.15) is 40.0 Å². The van der Waals surface area contributed by atoms with Crippen molar-refractivity contribution < 1.29 is 4.74 Å². The largest absolute Gasteiger partial charge is 0.377 e. The molecule has 0 saturated carbocycles. The quantitative estimate of drug-likeness (QED) is 0.766. The molecule has 2 aliphatic rings. The van der Waals surface area contributed by atoms with Gasteiger partial charge in [-0.25, -0.2) is 0 Å². The molecule has 2 aliphatic heterocycles. The van der Waals surface area contributed by atoms with Crippen molar-refractivity contribution in [2.24, 2.45) is 5.92 Å². The van der Waals surface area contributed by atoms with Crippen molar-refractivity contribution in [2.45, 2.75) is 57.7 Å². The van der Waals surface area contributed by atoms with Gasteiger partial charge in [0.15, 0.2) is 0 Å². The van der Waals surface area contributed by atoms with Crippen molar-refractivity contribution in [3.8, 4) is 0 Å². The van der Waals surface area contributed by atoms with Crippen LogP contribution in [0, 0.1) is 5.92 Å². The van der Waals surface area contributed by atoms with Gasteiger partial charge in [-0.05, 0) is 45.6 Å². The lowest BCUT2D eigenvalue weighted by molar-refractivity contribution is 0.0863. The second-order valence-corrected chi connectivity index (χ2v) is 5.74. The molecule has 4 atom stereocenters. The van der Waals surface area contributed by atoms with Crippen LogP contribution < -0.4 is 10.6 Å². The van der Waals surface area contributed by atoms with Crippen molar-refractivity contribution in [2.75, 3.05) is 19.7 Å². The van der Waals surface area contributed by atoms with Crippen LogP contribution in [0.4, 0.5) is 0 Å². The highest BCUT2D eigenvalue weighted by atomic mass is 16.5. The zero-order valence-electron chi connectivity index (χ0n) is 10.9. The Hall–Kier alpha value is -0.120. The Balaban J connectivity index is 1.81. The van der Waals surface area contributed by atoms with Crippen molar-refractivity contribution in [3.05, 3.63) is 0 Å². The first-order valence-electron chi connectivity index (χ1n) is 6.72. The van der Waals surface area contributed by atoms with Crippen LogP contribution in [0.15, 0.2) is 0 Å². The molecule has 94 valence electrons. The van der Waals surface area contributed by atoms with Gasteiger partial charge >= 0.3 is 0 Å². The van der Waals surface area contributed by atoms with E-state index in [1.807, 2.05) is 0 Å². The van der Waals surface area contributed by atoms with E-state index in [1.54, 1.807) is 0 Å². The molecule has 0 aliphatic carbocycles. The average molecular weight is 226 g/mol. The maximum atomic E-state index is 5.65. The summed E-state index contributed by atoms with van der Waals surface area (Å²) in [5.41, 5.74) is 0.179. The van der Waals surface area contributed by atoms with Crippen molar-refractivity contribution in [1.82, 2.24) is 10.6 Å². The fourth-order valence-corrected chi connectivity index (χ4v) is 2.80. The normalized spacial score (nSPS) is 44.8. The predicted octanol–water partition coefficient (Wildman–Crippen LogP) is 1.53. The minimum atomic E-state index is 0.179. The molecular formula is C13H26N2O. The van der Waals surface area contributed by atoms with Crippen molar-refractivity contribution in [1.29, 1.82) is 0 Å². The Morgan fingerprint density at radius 1 is 1.44 bits per heavy atom. The van der Waals surface area contributed by atoms with Gasteiger partial charge in [-0.15, -0.1) is 0 Å². The monoisotopic (exact) mass is 226 g/mol. The summed E-state index contributed by atoms with van der Waals surface area (Å²) in [6.07, 6.45) is 4.16. The van der Waals surface area contributed by atoms with Gasteiger partial charge in [0.2, 0.25) is 0 Å². The van der Waals surface area contributed by atoms with E-state index in [1.165, 1.54) is 19.4 Å². The molecule has 3 nitrogen and oxygen atoms in total. The van der Waals surface area contributed by atoms with E-state index in [9.17, 15) is 0 Å². The van der Waals surface area contributed by atoms with E-state index >= 15 is 0 Å². The number of nitrogens with one attached hydrogen (secondary N) is 2. The van der Waals surface area contributed by atoms with Crippen molar-refractivity contribution >= 4 is 0 Å². The van der Waals surface area contributed by atoms with Gasteiger partial charge < -0.3 is 15.4 Å². The molecule has 0 radical (unpaired) electrons. The Labute approximate surface area is 99.3 Å². The lowest BCUT2D eigenvalue weighted by Crippen LogP contribution is -2.55. The lowest BCUT2D eigenvalue weighted by Gasteiger charge is -2.35. The van der Waals surface area contributed by atoms with Crippen molar-refractivity contribution in [3.63, 3.8) is 0 Å². The standard InChI is InChI=1S/C13H26N2O/c1-10-5-4-7-14-12(10)9-15-13(3)6-8-16-11(13)2/h10-12,14-15H,4-9H2,1-3H3. The van der Waals surface area contributed by atoms with Gasteiger partial charge in [-0.2, -0.15) is 0 Å². The lowest BCUT2D eigenvalue weighted by atomic mass is 9.90. The van der Waals surface area contributed by atoms with Crippen LogP contribution in [0.5, 0.6) is 0 Å².